The number of carbonyl (C=O) groups excluding carboxylic acids is 1. The van der Waals surface area contributed by atoms with Crippen molar-refractivity contribution in [1.29, 1.82) is 0 Å². The molecule has 0 aliphatic heterocycles. The van der Waals surface area contributed by atoms with E-state index >= 15 is 0 Å². The predicted octanol–water partition coefficient (Wildman–Crippen LogP) is 1.77. The number of carbonyl (C=O) groups is 1. The quantitative estimate of drug-likeness (QED) is 0.698. The first kappa shape index (κ1) is 18.4. The second kappa shape index (κ2) is 8.13. The highest BCUT2D eigenvalue weighted by molar-refractivity contribution is 7.85. The minimum absolute atomic E-state index is 0.0730. The van der Waals surface area contributed by atoms with Crippen molar-refractivity contribution in [3.63, 3.8) is 0 Å². The molecule has 6 heteroatoms. The Kier molecular flexibility index (Phi) is 7.13. The number of amides is 2. The minimum atomic E-state index is -0.907. The molecule has 4 atom stereocenters. The summed E-state index contributed by atoms with van der Waals surface area (Å²) in [6.07, 6.45) is 3.72. The molecule has 0 aromatic rings. The van der Waals surface area contributed by atoms with Gasteiger partial charge in [-0.3, -0.25) is 4.21 Å². The molecular weight excluding hydrogens is 288 g/mol. The molecule has 0 heterocycles. The fourth-order valence-electron chi connectivity index (χ4n) is 2.45. The Hall–Kier alpha value is -0.620. The maximum atomic E-state index is 11.9. The van der Waals surface area contributed by atoms with Crippen LogP contribution in [0.4, 0.5) is 4.79 Å². The lowest BCUT2D eigenvalue weighted by Crippen LogP contribution is -2.50. The molecule has 0 bridgehead atoms. The molecule has 0 aromatic carbocycles. The molecule has 3 N–H and O–H groups in total. The summed E-state index contributed by atoms with van der Waals surface area (Å²) in [5.74, 6) is 0.754. The van der Waals surface area contributed by atoms with Crippen molar-refractivity contribution in [2.75, 3.05) is 12.3 Å². The predicted molar refractivity (Wildman–Crippen MR) is 86.7 cm³/mol. The summed E-state index contributed by atoms with van der Waals surface area (Å²) in [5.41, 5.74) is -0.907. The largest absolute Gasteiger partial charge is 0.388 e. The van der Waals surface area contributed by atoms with E-state index in [4.69, 9.17) is 0 Å². The van der Waals surface area contributed by atoms with E-state index in [0.717, 1.165) is 25.7 Å². The van der Waals surface area contributed by atoms with Crippen molar-refractivity contribution in [1.82, 2.24) is 10.6 Å². The zero-order chi connectivity index (χ0) is 16.0. The van der Waals surface area contributed by atoms with Crippen LogP contribution in [0.15, 0.2) is 0 Å². The first-order valence-corrected chi connectivity index (χ1v) is 9.28. The Labute approximate surface area is 130 Å². The molecule has 1 aliphatic rings. The fraction of sp³-hybridized carbons (Fsp3) is 0.933. The van der Waals surface area contributed by atoms with Gasteiger partial charge >= 0.3 is 6.03 Å². The van der Waals surface area contributed by atoms with Crippen LogP contribution in [-0.4, -0.2) is 44.5 Å². The van der Waals surface area contributed by atoms with Crippen LogP contribution in [-0.2, 0) is 10.8 Å². The first-order valence-electron chi connectivity index (χ1n) is 7.90. The SMILES string of the molecule is CCS(=O)C1CCCC(NC(=O)NCC(C)(O)C(C)C)C1. The molecule has 2 amide bonds. The third-order valence-corrected chi connectivity index (χ3v) is 6.21. The van der Waals surface area contributed by atoms with Crippen molar-refractivity contribution in [2.45, 2.75) is 70.3 Å². The van der Waals surface area contributed by atoms with Gasteiger partial charge in [-0.1, -0.05) is 27.2 Å². The molecule has 124 valence electrons. The maximum Gasteiger partial charge on any atom is 0.315 e. The Bertz CT molecular complexity index is 372. The summed E-state index contributed by atoms with van der Waals surface area (Å²) in [7, 11) is -0.785. The van der Waals surface area contributed by atoms with E-state index in [1.165, 1.54) is 0 Å². The van der Waals surface area contributed by atoms with Gasteiger partial charge in [-0.05, 0) is 32.1 Å². The molecular formula is C15H30N2O3S. The molecule has 1 fully saturated rings. The lowest BCUT2D eigenvalue weighted by Gasteiger charge is -2.31. The smallest absolute Gasteiger partial charge is 0.315 e. The molecule has 5 nitrogen and oxygen atoms in total. The molecule has 1 saturated carbocycles. The number of aliphatic hydroxyl groups is 1. The van der Waals surface area contributed by atoms with Crippen molar-refractivity contribution in [3.05, 3.63) is 0 Å². The fourth-order valence-corrected chi connectivity index (χ4v) is 3.80. The van der Waals surface area contributed by atoms with Crippen LogP contribution in [0, 0.1) is 5.92 Å². The summed E-state index contributed by atoms with van der Waals surface area (Å²) >= 11 is 0. The van der Waals surface area contributed by atoms with Crippen LogP contribution >= 0.6 is 0 Å². The summed E-state index contributed by atoms with van der Waals surface area (Å²) in [4.78, 5) is 11.9. The number of hydrogen-bond acceptors (Lipinski definition) is 3. The molecule has 0 spiro atoms. The third-order valence-electron chi connectivity index (χ3n) is 4.47. The van der Waals surface area contributed by atoms with Gasteiger partial charge in [0.25, 0.3) is 0 Å². The van der Waals surface area contributed by atoms with Crippen LogP contribution < -0.4 is 10.6 Å². The van der Waals surface area contributed by atoms with Gasteiger partial charge in [-0.2, -0.15) is 0 Å². The summed E-state index contributed by atoms with van der Waals surface area (Å²) in [6, 6.07) is -0.160. The zero-order valence-corrected chi connectivity index (χ0v) is 14.5. The Morgan fingerprint density at radius 2 is 2.10 bits per heavy atom. The number of hydrogen-bond donors (Lipinski definition) is 3. The van der Waals surface area contributed by atoms with Crippen molar-refractivity contribution >= 4 is 16.8 Å². The highest BCUT2D eigenvalue weighted by Gasteiger charge is 2.28. The van der Waals surface area contributed by atoms with E-state index in [1.807, 2.05) is 20.8 Å². The summed E-state index contributed by atoms with van der Waals surface area (Å²) < 4.78 is 11.9. The minimum Gasteiger partial charge on any atom is -0.388 e. The van der Waals surface area contributed by atoms with E-state index in [2.05, 4.69) is 10.6 Å². The monoisotopic (exact) mass is 318 g/mol. The van der Waals surface area contributed by atoms with Crippen LogP contribution in [0.5, 0.6) is 0 Å². The number of rotatable bonds is 6. The summed E-state index contributed by atoms with van der Waals surface area (Å²) in [6.45, 7) is 7.73. The van der Waals surface area contributed by atoms with Gasteiger partial charge in [0.05, 0.1) is 5.60 Å². The molecule has 0 saturated heterocycles. The van der Waals surface area contributed by atoms with Gasteiger partial charge in [-0.25, -0.2) is 4.79 Å². The molecule has 1 rings (SSSR count). The standard InChI is InChI=1S/C15H30N2O3S/c1-5-21(20)13-8-6-7-12(9-13)17-14(18)16-10-15(4,19)11(2)3/h11-13,19H,5-10H2,1-4H3,(H2,16,17,18). The van der Waals surface area contributed by atoms with Crippen molar-refractivity contribution in [3.8, 4) is 0 Å². The van der Waals surface area contributed by atoms with E-state index < -0.39 is 16.4 Å². The van der Waals surface area contributed by atoms with Crippen molar-refractivity contribution in [2.24, 2.45) is 5.92 Å². The lowest BCUT2D eigenvalue weighted by molar-refractivity contribution is 0.0165. The van der Waals surface area contributed by atoms with Crippen LogP contribution in [0.1, 0.15) is 53.4 Å². The second-order valence-electron chi connectivity index (χ2n) is 6.49. The van der Waals surface area contributed by atoms with Gasteiger partial charge in [-0.15, -0.1) is 0 Å². The van der Waals surface area contributed by atoms with E-state index in [0.29, 0.717) is 5.75 Å². The Balaban J connectivity index is 2.39. The van der Waals surface area contributed by atoms with Crippen LogP contribution in [0.3, 0.4) is 0 Å². The maximum absolute atomic E-state index is 11.9. The second-order valence-corrected chi connectivity index (χ2v) is 8.50. The topological polar surface area (TPSA) is 78.4 Å². The van der Waals surface area contributed by atoms with E-state index in [1.54, 1.807) is 6.92 Å². The normalized spacial score (nSPS) is 27.0. The molecule has 1 aliphatic carbocycles. The highest BCUT2D eigenvalue weighted by Crippen LogP contribution is 2.23. The highest BCUT2D eigenvalue weighted by atomic mass is 32.2. The van der Waals surface area contributed by atoms with Gasteiger partial charge in [0, 0.05) is 34.4 Å². The molecule has 21 heavy (non-hydrogen) atoms. The van der Waals surface area contributed by atoms with Crippen LogP contribution in [0.25, 0.3) is 0 Å². The third kappa shape index (κ3) is 5.94. The average Bonchev–Trinajstić information content (AvgIpc) is 2.44. The first-order chi connectivity index (χ1) is 9.76. The molecule has 0 radical (unpaired) electrons. The average molecular weight is 318 g/mol. The van der Waals surface area contributed by atoms with E-state index in [9.17, 15) is 14.1 Å². The van der Waals surface area contributed by atoms with Crippen molar-refractivity contribution < 1.29 is 14.1 Å². The number of urea groups is 1. The Morgan fingerprint density at radius 3 is 2.67 bits per heavy atom. The molecule has 0 aromatic heterocycles. The van der Waals surface area contributed by atoms with Gasteiger partial charge in [0.2, 0.25) is 0 Å². The lowest BCUT2D eigenvalue weighted by atomic mass is 9.92. The number of nitrogens with one attached hydrogen (secondary N) is 2. The zero-order valence-electron chi connectivity index (χ0n) is 13.6. The Morgan fingerprint density at radius 1 is 1.43 bits per heavy atom. The molecule has 4 unspecified atom stereocenters. The van der Waals surface area contributed by atoms with Crippen LogP contribution in [0.2, 0.25) is 0 Å². The van der Waals surface area contributed by atoms with Gasteiger partial charge in [0.15, 0.2) is 0 Å². The summed E-state index contributed by atoms with van der Waals surface area (Å²) in [5, 5.41) is 16.0. The van der Waals surface area contributed by atoms with Gasteiger partial charge in [0.1, 0.15) is 0 Å². The van der Waals surface area contributed by atoms with Gasteiger partial charge < -0.3 is 15.7 Å². The van der Waals surface area contributed by atoms with E-state index in [-0.39, 0.29) is 29.8 Å².